The number of nitrogens with one attached hydrogen (secondary N) is 2. The highest BCUT2D eigenvalue weighted by atomic mass is 35.5. The highest BCUT2D eigenvalue weighted by Crippen LogP contribution is 2.30. The lowest BCUT2D eigenvalue weighted by Crippen LogP contribution is -2.07. The largest absolute Gasteiger partial charge is 0.369 e. The molecule has 2 aromatic heterocycles. The number of halogens is 2. The van der Waals surface area contributed by atoms with Gasteiger partial charge in [-0.25, -0.2) is 4.98 Å². The van der Waals surface area contributed by atoms with Crippen LogP contribution in [0, 0.1) is 6.92 Å². The van der Waals surface area contributed by atoms with Gasteiger partial charge in [-0.05, 0) is 36.4 Å². The van der Waals surface area contributed by atoms with E-state index in [0.717, 1.165) is 13.0 Å². The first-order valence-electron chi connectivity index (χ1n) is 6.48. The van der Waals surface area contributed by atoms with Crippen LogP contribution in [0.25, 0.3) is 0 Å². The van der Waals surface area contributed by atoms with E-state index in [1.54, 1.807) is 17.4 Å². The van der Waals surface area contributed by atoms with Crippen molar-refractivity contribution < 1.29 is 0 Å². The van der Waals surface area contributed by atoms with Gasteiger partial charge in [-0.1, -0.05) is 30.1 Å². The van der Waals surface area contributed by atoms with Crippen LogP contribution in [0.4, 0.5) is 11.6 Å². The summed E-state index contributed by atoms with van der Waals surface area (Å²) in [6.07, 6.45) is 1.01. The molecule has 20 heavy (non-hydrogen) atoms. The average molecular weight is 330 g/mol. The number of aromatic nitrogens is 1. The number of nitrogens with zero attached hydrogens (tertiary/aromatic N) is 1. The van der Waals surface area contributed by atoms with E-state index in [9.17, 15) is 0 Å². The fourth-order valence-corrected chi connectivity index (χ4v) is 3.05. The van der Waals surface area contributed by atoms with Gasteiger partial charge in [0.2, 0.25) is 0 Å². The van der Waals surface area contributed by atoms with Crippen molar-refractivity contribution >= 4 is 46.2 Å². The second-order valence-corrected chi connectivity index (χ2v) is 6.27. The fraction of sp³-hybridized carbons (Fsp3) is 0.357. The molecule has 0 amide bonds. The summed E-state index contributed by atoms with van der Waals surface area (Å²) in [5.41, 5.74) is 1.27. The van der Waals surface area contributed by atoms with E-state index in [0.29, 0.717) is 28.2 Å². The van der Waals surface area contributed by atoms with E-state index in [1.165, 1.54) is 10.4 Å². The molecule has 108 valence electrons. The van der Waals surface area contributed by atoms with Gasteiger partial charge in [0.15, 0.2) is 0 Å². The Hall–Kier alpha value is -0.970. The predicted octanol–water partition coefficient (Wildman–Crippen LogP) is 5.19. The standard InChI is InChI=1S/C14H17Cl2N3S/c1-3-5-17-13-10(15)7-11(16)14(19-13)18-8-12-9(2)4-6-20-12/h4,6-7H,3,5,8H2,1-2H3,(H2,17,18,19). The Balaban J connectivity index is 2.12. The Bertz CT molecular complexity index is 584. The molecule has 0 aliphatic carbocycles. The van der Waals surface area contributed by atoms with Crippen LogP contribution >= 0.6 is 34.5 Å². The SMILES string of the molecule is CCCNc1nc(NCc2sccc2C)c(Cl)cc1Cl. The molecule has 0 aliphatic rings. The van der Waals surface area contributed by atoms with E-state index in [-0.39, 0.29) is 0 Å². The summed E-state index contributed by atoms with van der Waals surface area (Å²) in [6, 6.07) is 3.82. The summed E-state index contributed by atoms with van der Waals surface area (Å²) < 4.78 is 0. The maximum Gasteiger partial charge on any atom is 0.147 e. The highest BCUT2D eigenvalue weighted by molar-refractivity contribution is 7.10. The van der Waals surface area contributed by atoms with Crippen LogP contribution in [-0.2, 0) is 6.54 Å². The predicted molar refractivity (Wildman–Crippen MR) is 89.4 cm³/mol. The molecule has 6 heteroatoms. The molecule has 3 nitrogen and oxygen atoms in total. The summed E-state index contributed by atoms with van der Waals surface area (Å²) >= 11 is 14.0. The second kappa shape index (κ2) is 7.16. The number of pyridine rings is 1. The van der Waals surface area contributed by atoms with Crippen molar-refractivity contribution in [3.8, 4) is 0 Å². The molecule has 2 N–H and O–H groups in total. The molecule has 0 unspecified atom stereocenters. The van der Waals surface area contributed by atoms with Gasteiger partial charge in [-0.15, -0.1) is 11.3 Å². The van der Waals surface area contributed by atoms with Crippen molar-refractivity contribution in [2.45, 2.75) is 26.8 Å². The van der Waals surface area contributed by atoms with Crippen molar-refractivity contribution in [2.24, 2.45) is 0 Å². The van der Waals surface area contributed by atoms with Gasteiger partial charge < -0.3 is 10.6 Å². The topological polar surface area (TPSA) is 37.0 Å². The number of aryl methyl sites for hydroxylation is 1. The van der Waals surface area contributed by atoms with Gasteiger partial charge in [0, 0.05) is 11.4 Å². The molecular weight excluding hydrogens is 313 g/mol. The van der Waals surface area contributed by atoms with Crippen molar-refractivity contribution in [3.05, 3.63) is 38.0 Å². The number of thiophene rings is 1. The Morgan fingerprint density at radius 2 is 1.90 bits per heavy atom. The zero-order chi connectivity index (χ0) is 14.5. The molecule has 0 fully saturated rings. The smallest absolute Gasteiger partial charge is 0.147 e. The number of hydrogen-bond acceptors (Lipinski definition) is 4. The van der Waals surface area contributed by atoms with Gasteiger partial charge in [0.05, 0.1) is 16.6 Å². The minimum atomic E-state index is 0.534. The zero-order valence-corrected chi connectivity index (χ0v) is 13.8. The summed E-state index contributed by atoms with van der Waals surface area (Å²) in [5, 5.41) is 9.62. The van der Waals surface area contributed by atoms with E-state index in [2.05, 4.69) is 40.9 Å². The van der Waals surface area contributed by atoms with E-state index in [1.807, 2.05) is 0 Å². The Labute approximate surface area is 133 Å². The normalized spacial score (nSPS) is 10.6. The van der Waals surface area contributed by atoms with Crippen LogP contribution < -0.4 is 10.6 Å². The van der Waals surface area contributed by atoms with Crippen LogP contribution in [0.5, 0.6) is 0 Å². The van der Waals surface area contributed by atoms with Crippen molar-refractivity contribution in [1.29, 1.82) is 0 Å². The molecule has 0 saturated heterocycles. The lowest BCUT2D eigenvalue weighted by molar-refractivity contribution is 0.968. The first-order valence-corrected chi connectivity index (χ1v) is 8.12. The first-order chi connectivity index (χ1) is 9.61. The van der Waals surface area contributed by atoms with Crippen molar-refractivity contribution in [2.75, 3.05) is 17.2 Å². The number of anilines is 2. The van der Waals surface area contributed by atoms with Crippen molar-refractivity contribution in [3.63, 3.8) is 0 Å². The first kappa shape index (κ1) is 15.4. The molecule has 2 aromatic rings. The second-order valence-electron chi connectivity index (χ2n) is 4.46. The molecule has 0 bridgehead atoms. The van der Waals surface area contributed by atoms with Crippen LogP contribution in [0.1, 0.15) is 23.8 Å². The number of rotatable bonds is 6. The summed E-state index contributed by atoms with van der Waals surface area (Å²) in [7, 11) is 0. The molecular formula is C14H17Cl2N3S. The third-order valence-corrected chi connectivity index (χ3v) is 4.46. The molecule has 0 radical (unpaired) electrons. The summed E-state index contributed by atoms with van der Waals surface area (Å²) in [5.74, 6) is 1.32. The third kappa shape index (κ3) is 3.78. The monoisotopic (exact) mass is 329 g/mol. The Morgan fingerprint density at radius 1 is 1.20 bits per heavy atom. The van der Waals surface area contributed by atoms with Crippen LogP contribution in [0.2, 0.25) is 10.0 Å². The van der Waals surface area contributed by atoms with E-state index >= 15 is 0 Å². The lowest BCUT2D eigenvalue weighted by atomic mass is 10.3. The minimum Gasteiger partial charge on any atom is -0.369 e. The van der Waals surface area contributed by atoms with Gasteiger partial charge in [0.1, 0.15) is 11.6 Å². The Morgan fingerprint density at radius 3 is 2.50 bits per heavy atom. The summed E-state index contributed by atoms with van der Waals surface area (Å²) in [4.78, 5) is 5.74. The quantitative estimate of drug-likeness (QED) is 0.765. The minimum absolute atomic E-state index is 0.534. The van der Waals surface area contributed by atoms with Gasteiger partial charge >= 0.3 is 0 Å². The zero-order valence-electron chi connectivity index (χ0n) is 11.5. The van der Waals surface area contributed by atoms with Gasteiger partial charge in [-0.2, -0.15) is 0 Å². The maximum atomic E-state index is 6.18. The highest BCUT2D eigenvalue weighted by Gasteiger charge is 2.09. The fourth-order valence-electron chi connectivity index (χ4n) is 1.71. The molecule has 2 heterocycles. The van der Waals surface area contributed by atoms with Crippen LogP contribution in [0.15, 0.2) is 17.5 Å². The van der Waals surface area contributed by atoms with Gasteiger partial charge in [0.25, 0.3) is 0 Å². The Kier molecular flexibility index (Phi) is 5.52. The van der Waals surface area contributed by atoms with E-state index < -0.39 is 0 Å². The van der Waals surface area contributed by atoms with Crippen LogP contribution in [0.3, 0.4) is 0 Å². The molecule has 0 spiro atoms. The van der Waals surface area contributed by atoms with Crippen molar-refractivity contribution in [1.82, 2.24) is 4.98 Å². The lowest BCUT2D eigenvalue weighted by Gasteiger charge is -2.12. The van der Waals surface area contributed by atoms with Gasteiger partial charge in [-0.3, -0.25) is 0 Å². The van der Waals surface area contributed by atoms with Crippen LogP contribution in [-0.4, -0.2) is 11.5 Å². The molecule has 0 aliphatic heterocycles. The molecule has 2 rings (SSSR count). The maximum absolute atomic E-state index is 6.18. The molecule has 0 aromatic carbocycles. The van der Waals surface area contributed by atoms with E-state index in [4.69, 9.17) is 23.2 Å². The molecule has 0 saturated carbocycles. The molecule has 0 atom stereocenters. The number of hydrogen-bond donors (Lipinski definition) is 2. The summed E-state index contributed by atoms with van der Waals surface area (Å²) in [6.45, 7) is 5.73. The average Bonchev–Trinajstić information content (AvgIpc) is 2.82. The third-order valence-electron chi connectivity index (χ3n) is 2.86.